The second kappa shape index (κ2) is 12.4. The van der Waals surface area contributed by atoms with E-state index in [1.54, 1.807) is 0 Å². The van der Waals surface area contributed by atoms with Gasteiger partial charge in [-0.3, -0.25) is 0 Å². The molecule has 0 radical (unpaired) electrons. The van der Waals surface area contributed by atoms with Crippen LogP contribution in [0.25, 0.3) is 44.6 Å². The van der Waals surface area contributed by atoms with E-state index in [1.807, 2.05) is 36.0 Å². The lowest BCUT2D eigenvalue weighted by Gasteiger charge is -2.23. The highest BCUT2D eigenvalue weighted by atomic mass is 32.2. The van der Waals surface area contributed by atoms with Crippen molar-refractivity contribution in [2.24, 2.45) is 5.73 Å². The highest BCUT2D eigenvalue weighted by Gasteiger charge is 2.32. The van der Waals surface area contributed by atoms with Crippen molar-refractivity contribution in [1.29, 1.82) is 0 Å². The molecule has 226 valence electrons. The van der Waals surface area contributed by atoms with Gasteiger partial charge in [0.1, 0.15) is 0 Å². The molecule has 2 N–H and O–H groups in total. The van der Waals surface area contributed by atoms with E-state index >= 15 is 0 Å². The largest absolute Gasteiger partial charge is 0.398 e. The molecule has 2 nitrogen and oxygen atoms in total. The Bertz CT molecular complexity index is 2250. The number of para-hydroxylation sites is 1. The van der Waals surface area contributed by atoms with Crippen molar-refractivity contribution < 1.29 is 0 Å². The average molecular weight is 623 g/mol. The van der Waals surface area contributed by atoms with E-state index in [9.17, 15) is 0 Å². The Morgan fingerprint density at radius 3 is 2.19 bits per heavy atom. The highest BCUT2D eigenvalue weighted by molar-refractivity contribution is 8.03. The second-order valence-corrected chi connectivity index (χ2v) is 13.1. The summed E-state index contributed by atoms with van der Waals surface area (Å²) in [6.07, 6.45) is 12.0. The van der Waals surface area contributed by atoms with Crippen molar-refractivity contribution in [1.82, 2.24) is 4.57 Å². The van der Waals surface area contributed by atoms with E-state index in [1.165, 1.54) is 37.5 Å². The molecule has 0 fully saturated rings. The van der Waals surface area contributed by atoms with Crippen LogP contribution < -0.4 is 5.73 Å². The Balaban J connectivity index is 1.23. The van der Waals surface area contributed by atoms with Gasteiger partial charge >= 0.3 is 0 Å². The number of rotatable bonds is 6. The molecule has 8 rings (SSSR count). The van der Waals surface area contributed by atoms with Crippen molar-refractivity contribution in [3.8, 4) is 16.8 Å². The Morgan fingerprint density at radius 2 is 1.40 bits per heavy atom. The lowest BCUT2D eigenvalue weighted by molar-refractivity contribution is 0.785. The quantitative estimate of drug-likeness (QED) is 0.187. The summed E-state index contributed by atoms with van der Waals surface area (Å²) in [5.74, 6) is 0.278. The van der Waals surface area contributed by atoms with Gasteiger partial charge in [-0.15, -0.1) is 0 Å². The van der Waals surface area contributed by atoms with Crippen LogP contribution in [0.15, 0.2) is 180 Å². The van der Waals surface area contributed by atoms with Crippen molar-refractivity contribution in [2.75, 3.05) is 0 Å². The maximum absolute atomic E-state index is 6.84. The molecule has 1 aliphatic heterocycles. The Hall–Kier alpha value is -5.51. The zero-order valence-corrected chi connectivity index (χ0v) is 26.8. The van der Waals surface area contributed by atoms with Gasteiger partial charge < -0.3 is 10.3 Å². The van der Waals surface area contributed by atoms with Gasteiger partial charge in [-0.2, -0.15) is 0 Å². The van der Waals surface area contributed by atoms with Gasteiger partial charge in [0.25, 0.3) is 0 Å². The number of fused-ring (bicyclic) bond motifs is 7. The molecule has 1 atom stereocenters. The van der Waals surface area contributed by atoms with Crippen LogP contribution in [0.2, 0.25) is 0 Å². The van der Waals surface area contributed by atoms with Crippen LogP contribution in [-0.2, 0) is 0 Å². The number of aromatic nitrogens is 1. The zero-order chi connectivity index (χ0) is 31.7. The normalized spacial score (nSPS) is 15.7. The minimum atomic E-state index is 0.278. The molecule has 2 heterocycles. The molecule has 1 aliphatic carbocycles. The van der Waals surface area contributed by atoms with E-state index < -0.39 is 0 Å². The molecule has 0 spiro atoms. The number of hydrogen-bond donors (Lipinski definition) is 1. The summed E-state index contributed by atoms with van der Waals surface area (Å²) in [5.41, 5.74) is 19.0. The number of nitrogens with two attached hydrogens (primary N) is 1. The molecule has 6 aromatic rings. The predicted octanol–water partition coefficient (Wildman–Crippen LogP) is 11.4. The van der Waals surface area contributed by atoms with Crippen LogP contribution in [0.5, 0.6) is 0 Å². The van der Waals surface area contributed by atoms with Crippen LogP contribution in [0, 0.1) is 0 Å². The minimum Gasteiger partial charge on any atom is -0.398 e. The molecule has 0 amide bonds. The van der Waals surface area contributed by atoms with Gasteiger partial charge in [0.15, 0.2) is 0 Å². The van der Waals surface area contributed by atoms with E-state index in [4.69, 9.17) is 5.73 Å². The molecule has 1 unspecified atom stereocenters. The Morgan fingerprint density at radius 1 is 0.723 bits per heavy atom. The van der Waals surface area contributed by atoms with Crippen molar-refractivity contribution in [3.05, 3.63) is 198 Å². The molecular formula is C44H34N2S. The summed E-state index contributed by atoms with van der Waals surface area (Å²) >= 11 is 1.91. The predicted molar refractivity (Wildman–Crippen MR) is 201 cm³/mol. The van der Waals surface area contributed by atoms with Crippen LogP contribution in [0.3, 0.4) is 0 Å². The Labute approximate surface area is 280 Å². The van der Waals surface area contributed by atoms with Gasteiger partial charge in [-0.1, -0.05) is 146 Å². The van der Waals surface area contributed by atoms with Crippen LogP contribution in [0.4, 0.5) is 0 Å². The van der Waals surface area contributed by atoms with Crippen LogP contribution >= 0.6 is 11.8 Å². The summed E-state index contributed by atoms with van der Waals surface area (Å²) < 4.78 is 2.48. The molecule has 0 bridgehead atoms. The zero-order valence-electron chi connectivity index (χ0n) is 26.0. The van der Waals surface area contributed by atoms with Gasteiger partial charge in [0.05, 0.1) is 5.52 Å². The summed E-state index contributed by atoms with van der Waals surface area (Å²) in [4.78, 5) is 2.70. The van der Waals surface area contributed by atoms with Gasteiger partial charge in [0.2, 0.25) is 0 Å². The van der Waals surface area contributed by atoms with Gasteiger partial charge in [-0.25, -0.2) is 0 Å². The molecular weight excluding hydrogens is 589 g/mol. The van der Waals surface area contributed by atoms with E-state index in [0.717, 1.165) is 39.9 Å². The smallest absolute Gasteiger partial charge is 0.0538 e. The standard InChI is InChI=1S/C44H34N2S/c1-30(31-14-4-2-5-15-31)28-34(32-16-6-3-7-17-32)29-39(45)33-24-26-35(27-25-33)46-40-21-11-8-18-36(40)43-37-19-9-12-22-41(37)47-42-23-13-10-20-38(42)44(43)46/h2-19,21-29,38H,1,20,45H2/b34-28+,39-29-. The fraction of sp³-hybridized carbons (Fsp3) is 0.0455. The third kappa shape index (κ3) is 5.39. The number of thioether (sulfide) groups is 1. The van der Waals surface area contributed by atoms with E-state index in [2.05, 4.69) is 151 Å². The molecule has 47 heavy (non-hydrogen) atoms. The lowest BCUT2D eigenvalue weighted by atomic mass is 9.90. The number of benzene rings is 5. The maximum Gasteiger partial charge on any atom is 0.0538 e. The molecule has 0 saturated heterocycles. The SMILES string of the molecule is C=C(/C=C(\C=C(/N)c1ccc(-n2c3c(c4ccccc42)-c2ccccc2SC2=CC=CCC23)cc1)c1ccccc1)c1ccccc1. The number of allylic oxidation sites excluding steroid dienone is 8. The topological polar surface area (TPSA) is 30.9 Å². The van der Waals surface area contributed by atoms with E-state index in [-0.39, 0.29) is 5.92 Å². The fourth-order valence-electron chi connectivity index (χ4n) is 6.82. The summed E-state index contributed by atoms with van der Waals surface area (Å²) in [6.45, 7) is 4.36. The first-order chi connectivity index (χ1) is 23.2. The first-order valence-electron chi connectivity index (χ1n) is 16.0. The molecule has 2 aliphatic rings. The monoisotopic (exact) mass is 622 g/mol. The van der Waals surface area contributed by atoms with Crippen molar-refractivity contribution >= 4 is 39.5 Å². The van der Waals surface area contributed by atoms with E-state index in [0.29, 0.717) is 5.70 Å². The summed E-state index contributed by atoms with van der Waals surface area (Å²) in [6, 6.07) is 47.0. The van der Waals surface area contributed by atoms with Gasteiger partial charge in [-0.05, 0) is 81.1 Å². The van der Waals surface area contributed by atoms with Crippen molar-refractivity contribution in [3.63, 3.8) is 0 Å². The Kier molecular flexibility index (Phi) is 7.60. The third-order valence-corrected chi connectivity index (χ3v) is 10.3. The lowest BCUT2D eigenvalue weighted by Crippen LogP contribution is -2.09. The summed E-state index contributed by atoms with van der Waals surface area (Å²) in [5, 5.41) is 1.28. The highest BCUT2D eigenvalue weighted by Crippen LogP contribution is 2.54. The van der Waals surface area contributed by atoms with Crippen molar-refractivity contribution in [2.45, 2.75) is 17.2 Å². The number of hydrogen-bond acceptors (Lipinski definition) is 2. The van der Waals surface area contributed by atoms with Crippen LogP contribution in [0.1, 0.15) is 34.7 Å². The number of nitrogens with zero attached hydrogens (tertiary/aromatic N) is 1. The molecule has 1 aromatic heterocycles. The fourth-order valence-corrected chi connectivity index (χ4v) is 7.99. The molecule has 5 aromatic carbocycles. The maximum atomic E-state index is 6.84. The minimum absolute atomic E-state index is 0.278. The van der Waals surface area contributed by atoms with Gasteiger partial charge in [0, 0.05) is 38.8 Å². The van der Waals surface area contributed by atoms with Crippen LogP contribution in [-0.4, -0.2) is 4.57 Å². The molecule has 0 saturated carbocycles. The first-order valence-corrected chi connectivity index (χ1v) is 16.8. The molecule has 3 heteroatoms. The average Bonchev–Trinajstić information content (AvgIpc) is 3.39. The third-order valence-electron chi connectivity index (χ3n) is 9.09. The first kappa shape index (κ1) is 28.9. The summed E-state index contributed by atoms with van der Waals surface area (Å²) in [7, 11) is 0. The second-order valence-electron chi connectivity index (χ2n) is 12.0.